The van der Waals surface area contributed by atoms with Gasteiger partial charge in [0.1, 0.15) is 0 Å². The number of aromatic nitrogens is 1. The number of carbonyl (C=O) groups is 2. The lowest BCUT2D eigenvalue weighted by molar-refractivity contribution is -0.116. The van der Waals surface area contributed by atoms with E-state index in [4.69, 9.17) is 0 Å². The van der Waals surface area contributed by atoms with Crippen molar-refractivity contribution in [2.45, 2.75) is 33.6 Å². The standard InChI is InChI=1S/C27H27NO2/c1-16(2)21-14-23(17(3)25(29)15-21)26-18(4)22-13-20(11-12-24(22)28(26)5)27(30)19-9-7-6-8-10-19/h6-13,21H,1,14-15H2,2-5H3. The molecule has 1 aromatic heterocycles. The van der Waals surface area contributed by atoms with Gasteiger partial charge in [-0.15, -0.1) is 0 Å². The van der Waals surface area contributed by atoms with E-state index in [1.54, 1.807) is 0 Å². The molecule has 3 heteroatoms. The molecule has 0 radical (unpaired) electrons. The highest BCUT2D eigenvalue weighted by Gasteiger charge is 2.29. The maximum Gasteiger partial charge on any atom is 0.193 e. The van der Waals surface area contributed by atoms with Crippen molar-refractivity contribution in [3.05, 3.63) is 88.6 Å². The van der Waals surface area contributed by atoms with E-state index in [-0.39, 0.29) is 17.5 Å². The van der Waals surface area contributed by atoms with Crippen LogP contribution in [0.5, 0.6) is 0 Å². The van der Waals surface area contributed by atoms with E-state index < -0.39 is 0 Å². The van der Waals surface area contributed by atoms with E-state index in [1.807, 2.05) is 69.4 Å². The third-order valence-electron chi connectivity index (χ3n) is 6.49. The van der Waals surface area contributed by atoms with Gasteiger partial charge in [0.25, 0.3) is 0 Å². The maximum atomic E-state index is 12.9. The largest absolute Gasteiger partial charge is 0.344 e. The number of Topliss-reactive ketones (excluding diaryl/α,β-unsaturated/α-hetero) is 1. The fraction of sp³-hybridized carbons (Fsp3) is 0.259. The van der Waals surface area contributed by atoms with Gasteiger partial charge in [0.2, 0.25) is 0 Å². The SMILES string of the molecule is C=C(C)C1CC(=O)C(C)=C(c2c(C)c3cc(C(=O)c4ccccc4)ccc3n2C)C1. The molecule has 0 N–H and O–H groups in total. The minimum absolute atomic E-state index is 0.0212. The Bertz CT molecular complexity index is 1220. The number of benzene rings is 2. The molecule has 0 fully saturated rings. The highest BCUT2D eigenvalue weighted by Crippen LogP contribution is 2.40. The van der Waals surface area contributed by atoms with E-state index in [0.717, 1.165) is 45.3 Å². The van der Waals surface area contributed by atoms with Gasteiger partial charge in [-0.05, 0) is 68.0 Å². The second-order valence-electron chi connectivity index (χ2n) is 8.44. The Balaban J connectivity index is 1.85. The summed E-state index contributed by atoms with van der Waals surface area (Å²) < 4.78 is 2.16. The number of fused-ring (bicyclic) bond motifs is 1. The summed E-state index contributed by atoms with van der Waals surface area (Å²) in [6, 6.07) is 15.2. The van der Waals surface area contributed by atoms with Crippen molar-refractivity contribution in [2.75, 3.05) is 0 Å². The van der Waals surface area contributed by atoms with E-state index in [0.29, 0.717) is 17.5 Å². The number of aryl methyl sites for hydroxylation is 2. The number of rotatable bonds is 4. The average molecular weight is 398 g/mol. The molecule has 3 aromatic rings. The summed E-state index contributed by atoms with van der Waals surface area (Å²) in [5, 5.41) is 1.06. The molecule has 152 valence electrons. The third kappa shape index (κ3) is 3.24. The number of hydrogen-bond acceptors (Lipinski definition) is 2. The van der Waals surface area contributed by atoms with Gasteiger partial charge in [-0.1, -0.05) is 42.5 Å². The van der Waals surface area contributed by atoms with E-state index in [2.05, 4.69) is 18.1 Å². The maximum absolute atomic E-state index is 12.9. The zero-order valence-electron chi connectivity index (χ0n) is 18.1. The van der Waals surface area contributed by atoms with Crippen molar-refractivity contribution < 1.29 is 9.59 Å². The first-order chi connectivity index (χ1) is 14.3. The molecule has 0 aliphatic heterocycles. The number of carbonyl (C=O) groups excluding carboxylic acids is 2. The number of nitrogens with zero attached hydrogens (tertiary/aromatic N) is 1. The van der Waals surface area contributed by atoms with Crippen LogP contribution in [-0.4, -0.2) is 16.1 Å². The molecule has 0 saturated heterocycles. The van der Waals surface area contributed by atoms with Crippen LogP contribution < -0.4 is 0 Å². The second kappa shape index (κ2) is 7.56. The zero-order valence-corrected chi connectivity index (χ0v) is 18.1. The van der Waals surface area contributed by atoms with Gasteiger partial charge in [0.15, 0.2) is 11.6 Å². The highest BCUT2D eigenvalue weighted by atomic mass is 16.1. The predicted octanol–water partition coefficient (Wildman–Crippen LogP) is 6.05. The fourth-order valence-electron chi connectivity index (χ4n) is 4.59. The molecular formula is C27H27NO2. The number of ketones is 2. The van der Waals surface area contributed by atoms with Crippen LogP contribution in [0.1, 0.15) is 53.9 Å². The highest BCUT2D eigenvalue weighted by molar-refractivity contribution is 6.11. The molecule has 4 rings (SSSR count). The molecule has 1 heterocycles. The Morgan fingerprint density at radius 2 is 1.73 bits per heavy atom. The molecule has 1 aliphatic rings. The summed E-state index contributed by atoms with van der Waals surface area (Å²) in [5.41, 5.74) is 7.64. The Kier molecular flexibility index (Phi) is 5.07. The smallest absolute Gasteiger partial charge is 0.193 e. The monoisotopic (exact) mass is 397 g/mol. The first-order valence-corrected chi connectivity index (χ1v) is 10.4. The second-order valence-corrected chi connectivity index (χ2v) is 8.44. The zero-order chi connectivity index (χ0) is 21.6. The van der Waals surface area contributed by atoms with Crippen molar-refractivity contribution >= 4 is 28.0 Å². The predicted molar refractivity (Wildman–Crippen MR) is 123 cm³/mol. The summed E-state index contributed by atoms with van der Waals surface area (Å²) in [4.78, 5) is 25.6. The molecule has 0 bridgehead atoms. The number of allylic oxidation sites excluding steroid dienone is 3. The quantitative estimate of drug-likeness (QED) is 0.397. The van der Waals surface area contributed by atoms with E-state index in [1.165, 1.54) is 0 Å². The molecule has 3 nitrogen and oxygen atoms in total. The normalized spacial score (nSPS) is 16.9. The lowest BCUT2D eigenvalue weighted by Crippen LogP contribution is -2.19. The van der Waals surface area contributed by atoms with Gasteiger partial charge in [-0.25, -0.2) is 0 Å². The van der Waals surface area contributed by atoms with Gasteiger partial charge in [0, 0.05) is 41.2 Å². The third-order valence-corrected chi connectivity index (χ3v) is 6.49. The van der Waals surface area contributed by atoms with Gasteiger partial charge < -0.3 is 4.57 Å². The van der Waals surface area contributed by atoms with Crippen LogP contribution in [0.15, 0.2) is 66.3 Å². The average Bonchev–Trinajstić information content (AvgIpc) is 2.99. The van der Waals surface area contributed by atoms with Crippen molar-refractivity contribution in [2.24, 2.45) is 13.0 Å². The lowest BCUT2D eigenvalue weighted by Gasteiger charge is -2.26. The molecule has 0 amide bonds. The Labute approximate surface area is 177 Å². The topological polar surface area (TPSA) is 39.1 Å². The summed E-state index contributed by atoms with van der Waals surface area (Å²) in [5.74, 6) is 0.408. The fourth-order valence-corrected chi connectivity index (χ4v) is 4.59. The Morgan fingerprint density at radius 3 is 2.40 bits per heavy atom. The first-order valence-electron chi connectivity index (χ1n) is 10.4. The summed E-state index contributed by atoms with van der Waals surface area (Å²) >= 11 is 0. The Hall–Kier alpha value is -3.20. The van der Waals surface area contributed by atoms with Crippen LogP contribution in [0, 0.1) is 12.8 Å². The van der Waals surface area contributed by atoms with Crippen LogP contribution in [0.2, 0.25) is 0 Å². The molecule has 0 spiro atoms. The minimum atomic E-state index is 0.0212. The first kappa shape index (κ1) is 20.1. The summed E-state index contributed by atoms with van der Waals surface area (Å²) in [6.07, 6.45) is 1.37. The van der Waals surface area contributed by atoms with Gasteiger partial charge in [0.05, 0.1) is 0 Å². The van der Waals surface area contributed by atoms with Gasteiger partial charge >= 0.3 is 0 Å². The van der Waals surface area contributed by atoms with Crippen molar-refractivity contribution in [1.82, 2.24) is 4.57 Å². The lowest BCUT2D eigenvalue weighted by atomic mass is 9.79. The molecule has 0 saturated carbocycles. The summed E-state index contributed by atoms with van der Waals surface area (Å²) in [7, 11) is 2.04. The molecule has 2 aromatic carbocycles. The summed E-state index contributed by atoms with van der Waals surface area (Å²) in [6.45, 7) is 10.1. The van der Waals surface area contributed by atoms with Gasteiger partial charge in [-0.3, -0.25) is 9.59 Å². The molecule has 1 aliphatic carbocycles. The van der Waals surface area contributed by atoms with Crippen molar-refractivity contribution in [3.63, 3.8) is 0 Å². The molecule has 1 unspecified atom stereocenters. The van der Waals surface area contributed by atoms with Crippen LogP contribution in [0.25, 0.3) is 16.5 Å². The van der Waals surface area contributed by atoms with Crippen molar-refractivity contribution in [1.29, 1.82) is 0 Å². The molecule has 30 heavy (non-hydrogen) atoms. The van der Waals surface area contributed by atoms with Gasteiger partial charge in [-0.2, -0.15) is 0 Å². The van der Waals surface area contributed by atoms with Crippen LogP contribution in [0.3, 0.4) is 0 Å². The minimum Gasteiger partial charge on any atom is -0.344 e. The van der Waals surface area contributed by atoms with Crippen LogP contribution in [-0.2, 0) is 11.8 Å². The van der Waals surface area contributed by atoms with E-state index >= 15 is 0 Å². The van der Waals surface area contributed by atoms with Crippen LogP contribution in [0.4, 0.5) is 0 Å². The van der Waals surface area contributed by atoms with Crippen molar-refractivity contribution in [3.8, 4) is 0 Å². The van der Waals surface area contributed by atoms with E-state index in [9.17, 15) is 9.59 Å². The van der Waals surface area contributed by atoms with Crippen LogP contribution >= 0.6 is 0 Å². The molecule has 1 atom stereocenters. The Morgan fingerprint density at radius 1 is 1.03 bits per heavy atom. The molecular weight excluding hydrogens is 370 g/mol. The number of hydrogen-bond donors (Lipinski definition) is 0.